The topological polar surface area (TPSA) is 41.1 Å². The number of carbonyl (C=O) groups is 1. The van der Waals surface area contributed by atoms with Gasteiger partial charge >= 0.3 is 0 Å². The first-order valence-corrected chi connectivity index (χ1v) is 4.82. The Morgan fingerprint density at radius 3 is 2.64 bits per heavy atom. The van der Waals surface area contributed by atoms with Crippen LogP contribution in [0.15, 0.2) is 24.3 Å². The fraction of sp³-hybridized carbons (Fsp3) is 0.364. The second-order valence-electron chi connectivity index (χ2n) is 3.66. The van der Waals surface area contributed by atoms with Gasteiger partial charge in [0.1, 0.15) is 0 Å². The van der Waals surface area contributed by atoms with E-state index in [-0.39, 0.29) is 11.9 Å². The van der Waals surface area contributed by atoms with Gasteiger partial charge in [0.05, 0.1) is 12.6 Å². The zero-order chi connectivity index (χ0) is 9.97. The molecule has 1 unspecified atom stereocenters. The van der Waals surface area contributed by atoms with E-state index in [1.807, 2.05) is 0 Å². The third kappa shape index (κ3) is 1.93. The molecule has 1 aliphatic heterocycles. The molecule has 1 amide bonds. The number of nitrogens with one attached hydrogen (secondary N) is 2. The van der Waals surface area contributed by atoms with Crippen LogP contribution in [0.5, 0.6) is 0 Å². The van der Waals surface area contributed by atoms with Gasteiger partial charge in [0.25, 0.3) is 0 Å². The molecule has 1 fully saturated rings. The van der Waals surface area contributed by atoms with Crippen LogP contribution in [0.3, 0.4) is 0 Å². The van der Waals surface area contributed by atoms with Crippen molar-refractivity contribution in [2.24, 2.45) is 0 Å². The monoisotopic (exact) mass is 190 g/mol. The molecule has 0 bridgehead atoms. The van der Waals surface area contributed by atoms with Crippen molar-refractivity contribution in [3.63, 3.8) is 0 Å². The summed E-state index contributed by atoms with van der Waals surface area (Å²) in [5.41, 5.74) is 2.40. The van der Waals surface area contributed by atoms with Crippen molar-refractivity contribution < 1.29 is 4.79 Å². The predicted octanol–water partition coefficient (Wildman–Crippen LogP) is 0.756. The molecule has 0 radical (unpaired) electrons. The number of amides is 1. The molecule has 0 saturated carbocycles. The Bertz CT molecular complexity index is 332. The Morgan fingerprint density at radius 1 is 1.29 bits per heavy atom. The second-order valence-corrected chi connectivity index (χ2v) is 3.66. The molecule has 1 saturated heterocycles. The minimum atomic E-state index is 0.0711. The smallest absolute Gasteiger partial charge is 0.234 e. The van der Waals surface area contributed by atoms with Gasteiger partial charge in [0.15, 0.2) is 0 Å². The summed E-state index contributed by atoms with van der Waals surface area (Å²) < 4.78 is 0. The van der Waals surface area contributed by atoms with Crippen LogP contribution in [-0.2, 0) is 4.79 Å². The van der Waals surface area contributed by atoms with Gasteiger partial charge in [-0.15, -0.1) is 0 Å². The quantitative estimate of drug-likeness (QED) is 0.686. The van der Waals surface area contributed by atoms with Gasteiger partial charge in [-0.05, 0) is 12.5 Å². The lowest BCUT2D eigenvalue weighted by Gasteiger charge is -2.24. The summed E-state index contributed by atoms with van der Waals surface area (Å²) in [6.45, 7) is 3.30. The van der Waals surface area contributed by atoms with Crippen molar-refractivity contribution >= 4 is 5.91 Å². The summed E-state index contributed by atoms with van der Waals surface area (Å²) in [4.78, 5) is 11.1. The normalized spacial score (nSPS) is 21.8. The Labute approximate surface area is 83.5 Å². The zero-order valence-corrected chi connectivity index (χ0v) is 8.21. The van der Waals surface area contributed by atoms with Crippen molar-refractivity contribution in [3.8, 4) is 0 Å². The van der Waals surface area contributed by atoms with E-state index in [4.69, 9.17) is 0 Å². The van der Waals surface area contributed by atoms with Crippen LogP contribution in [0.1, 0.15) is 17.2 Å². The summed E-state index contributed by atoms with van der Waals surface area (Å²) in [5, 5.41) is 6.04. The van der Waals surface area contributed by atoms with Gasteiger partial charge in [-0.2, -0.15) is 0 Å². The molecule has 3 nitrogen and oxygen atoms in total. The molecule has 74 valence electrons. The molecular weight excluding hydrogens is 176 g/mol. The van der Waals surface area contributed by atoms with Gasteiger partial charge in [-0.25, -0.2) is 0 Å². The molecule has 1 atom stereocenters. The van der Waals surface area contributed by atoms with E-state index >= 15 is 0 Å². The highest BCUT2D eigenvalue weighted by Gasteiger charge is 2.18. The molecule has 3 heteroatoms. The first-order chi connectivity index (χ1) is 6.75. The number of aryl methyl sites for hydroxylation is 1. The van der Waals surface area contributed by atoms with E-state index in [1.165, 1.54) is 5.56 Å². The fourth-order valence-corrected chi connectivity index (χ4v) is 1.63. The second kappa shape index (κ2) is 3.80. The minimum Gasteiger partial charge on any atom is -0.347 e. The van der Waals surface area contributed by atoms with Crippen LogP contribution in [0.4, 0.5) is 0 Å². The summed E-state index contributed by atoms with van der Waals surface area (Å²) in [6.07, 6.45) is 0. The molecule has 1 heterocycles. The maximum atomic E-state index is 11.1. The van der Waals surface area contributed by atoms with E-state index in [2.05, 4.69) is 41.8 Å². The van der Waals surface area contributed by atoms with E-state index in [9.17, 15) is 4.79 Å². The van der Waals surface area contributed by atoms with Crippen molar-refractivity contribution in [3.05, 3.63) is 35.4 Å². The molecule has 0 spiro atoms. The Kier molecular flexibility index (Phi) is 2.50. The number of hydrogen-bond donors (Lipinski definition) is 2. The maximum absolute atomic E-state index is 11.1. The molecule has 2 rings (SSSR count). The van der Waals surface area contributed by atoms with Gasteiger partial charge < -0.3 is 10.6 Å². The number of hydrogen-bond acceptors (Lipinski definition) is 2. The minimum absolute atomic E-state index is 0.0711. The third-order valence-corrected chi connectivity index (χ3v) is 2.45. The number of piperazine rings is 1. The predicted molar refractivity (Wildman–Crippen MR) is 54.9 cm³/mol. The van der Waals surface area contributed by atoms with Crippen molar-refractivity contribution in [1.82, 2.24) is 10.6 Å². The van der Waals surface area contributed by atoms with E-state index in [0.29, 0.717) is 6.54 Å². The summed E-state index contributed by atoms with van der Waals surface area (Å²) in [5.74, 6) is 0.0711. The van der Waals surface area contributed by atoms with Crippen molar-refractivity contribution in [2.45, 2.75) is 13.0 Å². The molecule has 0 aliphatic carbocycles. The third-order valence-electron chi connectivity index (χ3n) is 2.45. The molecule has 1 aromatic carbocycles. The van der Waals surface area contributed by atoms with Crippen LogP contribution in [0.2, 0.25) is 0 Å². The molecule has 1 aromatic rings. The highest BCUT2D eigenvalue weighted by Crippen LogP contribution is 2.14. The Hall–Kier alpha value is -1.35. The first-order valence-electron chi connectivity index (χ1n) is 4.82. The van der Waals surface area contributed by atoms with Crippen LogP contribution in [0.25, 0.3) is 0 Å². The lowest BCUT2D eigenvalue weighted by atomic mass is 10.0. The number of rotatable bonds is 1. The average Bonchev–Trinajstić information content (AvgIpc) is 2.19. The Balaban J connectivity index is 2.14. The summed E-state index contributed by atoms with van der Waals surface area (Å²) in [7, 11) is 0. The van der Waals surface area contributed by atoms with Gasteiger partial charge in [-0.1, -0.05) is 29.8 Å². The lowest BCUT2D eigenvalue weighted by molar-refractivity contribution is -0.122. The summed E-state index contributed by atoms with van der Waals surface area (Å²) >= 11 is 0. The highest BCUT2D eigenvalue weighted by molar-refractivity contribution is 5.79. The molecule has 1 aliphatic rings. The maximum Gasteiger partial charge on any atom is 0.234 e. The average molecular weight is 190 g/mol. The van der Waals surface area contributed by atoms with Crippen LogP contribution < -0.4 is 10.6 Å². The van der Waals surface area contributed by atoms with Crippen molar-refractivity contribution in [1.29, 1.82) is 0 Å². The molecular formula is C11H14N2O. The SMILES string of the molecule is Cc1ccc(C2CNCC(=O)N2)cc1. The molecule has 2 N–H and O–H groups in total. The highest BCUT2D eigenvalue weighted by atomic mass is 16.2. The van der Waals surface area contributed by atoms with Crippen molar-refractivity contribution in [2.75, 3.05) is 13.1 Å². The summed E-state index contributed by atoms with van der Waals surface area (Å²) in [6, 6.07) is 8.38. The van der Waals surface area contributed by atoms with E-state index in [0.717, 1.165) is 12.1 Å². The lowest BCUT2D eigenvalue weighted by Crippen LogP contribution is -2.46. The standard InChI is InChI=1S/C11H14N2O/c1-8-2-4-9(5-3-8)10-6-12-7-11(14)13-10/h2-5,10,12H,6-7H2,1H3,(H,13,14). The first kappa shape index (κ1) is 9.21. The van der Waals surface area contributed by atoms with Gasteiger partial charge in [-0.3, -0.25) is 4.79 Å². The Morgan fingerprint density at radius 2 is 2.00 bits per heavy atom. The van der Waals surface area contributed by atoms with Crippen LogP contribution in [-0.4, -0.2) is 19.0 Å². The van der Waals surface area contributed by atoms with Crippen LogP contribution >= 0.6 is 0 Å². The van der Waals surface area contributed by atoms with Gasteiger partial charge in [0, 0.05) is 6.54 Å². The molecule has 14 heavy (non-hydrogen) atoms. The largest absolute Gasteiger partial charge is 0.347 e. The number of carbonyl (C=O) groups excluding carboxylic acids is 1. The van der Waals surface area contributed by atoms with E-state index < -0.39 is 0 Å². The van der Waals surface area contributed by atoms with E-state index in [1.54, 1.807) is 0 Å². The number of benzene rings is 1. The molecule has 0 aromatic heterocycles. The fourth-order valence-electron chi connectivity index (χ4n) is 1.63. The van der Waals surface area contributed by atoms with Crippen LogP contribution in [0, 0.1) is 6.92 Å². The van der Waals surface area contributed by atoms with Gasteiger partial charge in [0.2, 0.25) is 5.91 Å². The zero-order valence-electron chi connectivity index (χ0n) is 8.21.